The van der Waals surface area contributed by atoms with E-state index in [1.807, 2.05) is 17.6 Å². The van der Waals surface area contributed by atoms with Crippen LogP contribution in [0.15, 0.2) is 48.8 Å². The summed E-state index contributed by atoms with van der Waals surface area (Å²) in [6, 6.07) is 12.7. The maximum atomic E-state index is 4.47. The zero-order chi connectivity index (χ0) is 15.6. The fourth-order valence-corrected chi connectivity index (χ4v) is 3.29. The maximum absolute atomic E-state index is 4.47. The first-order valence-electron chi connectivity index (χ1n) is 8.14. The van der Waals surface area contributed by atoms with E-state index in [0.717, 1.165) is 36.7 Å². The van der Waals surface area contributed by atoms with Crippen molar-refractivity contribution < 1.29 is 0 Å². The molecule has 1 unspecified atom stereocenters. The summed E-state index contributed by atoms with van der Waals surface area (Å²) in [7, 11) is 0. The van der Waals surface area contributed by atoms with Crippen LogP contribution < -0.4 is 10.2 Å². The Labute approximate surface area is 136 Å². The van der Waals surface area contributed by atoms with Gasteiger partial charge in [-0.1, -0.05) is 18.2 Å². The van der Waals surface area contributed by atoms with Crippen molar-refractivity contribution in [2.45, 2.75) is 13.3 Å². The fourth-order valence-electron chi connectivity index (χ4n) is 3.29. The molecule has 0 aliphatic carbocycles. The Bertz CT molecular complexity index is 796. The summed E-state index contributed by atoms with van der Waals surface area (Å²) in [6.07, 6.45) is 4.90. The van der Waals surface area contributed by atoms with Gasteiger partial charge in [0.2, 0.25) is 0 Å². The number of rotatable bonds is 4. The molecular weight excluding hydrogens is 286 g/mol. The van der Waals surface area contributed by atoms with Crippen LogP contribution in [0.3, 0.4) is 0 Å². The molecule has 0 radical (unpaired) electrons. The molecule has 0 saturated carbocycles. The smallest absolute Gasteiger partial charge is 0.152 e. The van der Waals surface area contributed by atoms with Gasteiger partial charge >= 0.3 is 0 Å². The van der Waals surface area contributed by atoms with E-state index < -0.39 is 0 Å². The lowest BCUT2D eigenvalue weighted by Gasteiger charge is -2.18. The second-order valence-electron chi connectivity index (χ2n) is 6.21. The highest BCUT2D eigenvalue weighted by atomic mass is 15.2. The van der Waals surface area contributed by atoms with Gasteiger partial charge in [-0.15, -0.1) is 0 Å². The van der Waals surface area contributed by atoms with Gasteiger partial charge < -0.3 is 10.2 Å². The van der Waals surface area contributed by atoms with Crippen molar-refractivity contribution in [3.63, 3.8) is 0 Å². The van der Waals surface area contributed by atoms with Crippen molar-refractivity contribution in [2.75, 3.05) is 29.9 Å². The summed E-state index contributed by atoms with van der Waals surface area (Å²) >= 11 is 0. The molecule has 1 aromatic carbocycles. The average Bonchev–Trinajstić information content (AvgIpc) is 3.19. The van der Waals surface area contributed by atoms with E-state index in [1.54, 1.807) is 6.20 Å². The van der Waals surface area contributed by atoms with Gasteiger partial charge in [-0.25, -0.2) is 9.50 Å². The highest BCUT2D eigenvalue weighted by Crippen LogP contribution is 2.24. The van der Waals surface area contributed by atoms with Crippen LogP contribution in [0.2, 0.25) is 0 Å². The highest BCUT2D eigenvalue weighted by molar-refractivity contribution is 5.67. The molecule has 2 aromatic heterocycles. The van der Waals surface area contributed by atoms with Crippen LogP contribution in [0.25, 0.3) is 5.52 Å². The van der Waals surface area contributed by atoms with Crippen molar-refractivity contribution in [1.29, 1.82) is 0 Å². The third-order valence-electron chi connectivity index (χ3n) is 4.48. The Morgan fingerprint density at radius 1 is 1.26 bits per heavy atom. The van der Waals surface area contributed by atoms with Crippen LogP contribution in [0, 0.1) is 12.8 Å². The fraction of sp³-hybridized carbons (Fsp3) is 0.333. The van der Waals surface area contributed by atoms with Crippen molar-refractivity contribution in [1.82, 2.24) is 14.6 Å². The van der Waals surface area contributed by atoms with Crippen molar-refractivity contribution in [3.8, 4) is 0 Å². The lowest BCUT2D eigenvalue weighted by Crippen LogP contribution is -2.22. The predicted molar refractivity (Wildman–Crippen MR) is 93.0 cm³/mol. The van der Waals surface area contributed by atoms with Crippen LogP contribution in [0.5, 0.6) is 0 Å². The molecule has 3 aromatic rings. The topological polar surface area (TPSA) is 45.5 Å². The third kappa shape index (κ3) is 2.86. The number of anilines is 2. The van der Waals surface area contributed by atoms with Crippen LogP contribution in [-0.2, 0) is 0 Å². The normalized spacial score (nSPS) is 17.8. The van der Waals surface area contributed by atoms with Gasteiger partial charge in [0.1, 0.15) is 5.52 Å². The minimum absolute atomic E-state index is 0.640. The van der Waals surface area contributed by atoms with Crippen LogP contribution >= 0.6 is 0 Å². The van der Waals surface area contributed by atoms with E-state index in [1.165, 1.54) is 12.1 Å². The number of nitrogens with zero attached hydrogens (tertiary/aromatic N) is 4. The SMILES string of the molecule is Cc1cc2c(NCC3CCN(c4ccccc4)C3)nccn2n1. The summed E-state index contributed by atoms with van der Waals surface area (Å²) in [6.45, 7) is 5.17. The summed E-state index contributed by atoms with van der Waals surface area (Å²) < 4.78 is 1.88. The van der Waals surface area contributed by atoms with Gasteiger partial charge in [0.15, 0.2) is 5.82 Å². The Balaban J connectivity index is 1.41. The van der Waals surface area contributed by atoms with E-state index in [9.17, 15) is 0 Å². The Hall–Kier alpha value is -2.56. The molecule has 0 spiro atoms. The highest BCUT2D eigenvalue weighted by Gasteiger charge is 2.22. The van der Waals surface area contributed by atoms with Crippen LogP contribution in [0.4, 0.5) is 11.5 Å². The van der Waals surface area contributed by atoms with E-state index in [4.69, 9.17) is 0 Å². The molecule has 23 heavy (non-hydrogen) atoms. The minimum Gasteiger partial charge on any atom is -0.371 e. The number of hydrogen-bond donors (Lipinski definition) is 1. The Morgan fingerprint density at radius 3 is 3.00 bits per heavy atom. The van der Waals surface area contributed by atoms with Crippen LogP contribution in [-0.4, -0.2) is 34.2 Å². The second-order valence-corrected chi connectivity index (χ2v) is 6.21. The van der Waals surface area contributed by atoms with Gasteiger partial charge in [-0.05, 0) is 37.5 Å². The van der Waals surface area contributed by atoms with Crippen molar-refractivity contribution in [2.24, 2.45) is 5.92 Å². The summed E-state index contributed by atoms with van der Waals surface area (Å²) in [5.41, 5.74) is 3.38. The number of hydrogen-bond acceptors (Lipinski definition) is 4. The molecule has 1 N–H and O–H groups in total. The molecule has 3 heterocycles. The van der Waals surface area contributed by atoms with Gasteiger partial charge in [-0.3, -0.25) is 0 Å². The third-order valence-corrected chi connectivity index (χ3v) is 4.48. The first kappa shape index (κ1) is 14.1. The Kier molecular flexibility index (Phi) is 3.61. The van der Waals surface area contributed by atoms with Gasteiger partial charge in [0, 0.05) is 37.7 Å². The lowest BCUT2D eigenvalue weighted by atomic mass is 10.1. The number of benzene rings is 1. The molecule has 4 rings (SSSR count). The molecule has 1 aliphatic heterocycles. The zero-order valence-corrected chi connectivity index (χ0v) is 13.3. The number of aromatic nitrogens is 3. The molecule has 0 bridgehead atoms. The molecule has 1 atom stereocenters. The van der Waals surface area contributed by atoms with Crippen LogP contribution in [0.1, 0.15) is 12.1 Å². The van der Waals surface area contributed by atoms with Crippen molar-refractivity contribution in [3.05, 3.63) is 54.5 Å². The average molecular weight is 307 g/mol. The quantitative estimate of drug-likeness (QED) is 0.805. The summed E-state index contributed by atoms with van der Waals surface area (Å²) in [5.74, 6) is 1.56. The molecular formula is C18H21N5. The summed E-state index contributed by atoms with van der Waals surface area (Å²) in [4.78, 5) is 6.93. The molecule has 118 valence electrons. The van der Waals surface area contributed by atoms with Gasteiger partial charge in [0.25, 0.3) is 0 Å². The minimum atomic E-state index is 0.640. The molecule has 5 heteroatoms. The van der Waals surface area contributed by atoms with Gasteiger partial charge in [-0.2, -0.15) is 5.10 Å². The second kappa shape index (κ2) is 5.91. The largest absolute Gasteiger partial charge is 0.371 e. The molecule has 1 aliphatic rings. The molecule has 0 amide bonds. The summed E-state index contributed by atoms with van der Waals surface area (Å²) in [5, 5.41) is 7.95. The Morgan fingerprint density at radius 2 is 2.13 bits per heavy atom. The van der Waals surface area contributed by atoms with E-state index >= 15 is 0 Å². The number of fused-ring (bicyclic) bond motifs is 1. The number of nitrogens with one attached hydrogen (secondary N) is 1. The molecule has 1 saturated heterocycles. The molecule has 5 nitrogen and oxygen atoms in total. The van der Waals surface area contributed by atoms with E-state index in [-0.39, 0.29) is 0 Å². The van der Waals surface area contributed by atoms with E-state index in [0.29, 0.717) is 5.92 Å². The number of aryl methyl sites for hydroxylation is 1. The standard InChI is InChI=1S/C18H21N5/c1-14-11-17-18(19-8-10-23(17)21-14)20-12-15-7-9-22(13-15)16-5-3-2-4-6-16/h2-6,8,10-11,15H,7,9,12-13H2,1H3,(H,19,20). The van der Waals surface area contributed by atoms with Gasteiger partial charge in [0.05, 0.1) is 5.69 Å². The molecule has 1 fully saturated rings. The monoisotopic (exact) mass is 307 g/mol. The first-order valence-corrected chi connectivity index (χ1v) is 8.14. The first-order chi connectivity index (χ1) is 11.3. The lowest BCUT2D eigenvalue weighted by molar-refractivity contribution is 0.621. The number of para-hydroxylation sites is 1. The zero-order valence-electron chi connectivity index (χ0n) is 13.3. The predicted octanol–water partition coefficient (Wildman–Crippen LogP) is 2.98. The maximum Gasteiger partial charge on any atom is 0.152 e. The van der Waals surface area contributed by atoms with E-state index in [2.05, 4.69) is 56.7 Å². The van der Waals surface area contributed by atoms with Crippen molar-refractivity contribution >= 4 is 17.0 Å².